The smallest absolute Gasteiger partial charge is 0.123 e. The van der Waals surface area contributed by atoms with Crippen LogP contribution < -0.4 is 0 Å². The van der Waals surface area contributed by atoms with E-state index in [4.69, 9.17) is 0 Å². The van der Waals surface area contributed by atoms with E-state index in [1.165, 1.54) is 12.1 Å². The Morgan fingerprint density at radius 1 is 1.19 bits per heavy atom. The lowest BCUT2D eigenvalue weighted by atomic mass is 9.70. The predicted molar refractivity (Wildman–Crippen MR) is 84.5 cm³/mol. The van der Waals surface area contributed by atoms with E-state index in [0.29, 0.717) is 5.92 Å². The summed E-state index contributed by atoms with van der Waals surface area (Å²) in [5.74, 6) is 0.438. The predicted octanol–water partition coefficient (Wildman–Crippen LogP) is 3.83. The maximum atomic E-state index is 13.0. The second-order valence-electron chi connectivity index (χ2n) is 7.55. The monoisotopic (exact) mass is 293 g/mol. The Bertz CT molecular complexity index is 451. The standard InChI is InChI=1S/C18H28FNO/c1-18(2,3)14-7-10-17(21)16(11-14)20(4)12-13-5-8-15(19)9-6-13/h5-6,8-9,14,16-17,21H,7,10-12H2,1-4H3. The minimum Gasteiger partial charge on any atom is -0.391 e. The van der Waals surface area contributed by atoms with Crippen molar-refractivity contribution in [2.45, 2.75) is 58.7 Å². The number of hydrogen-bond acceptors (Lipinski definition) is 2. The molecule has 0 heterocycles. The highest BCUT2D eigenvalue weighted by molar-refractivity contribution is 5.16. The van der Waals surface area contributed by atoms with Gasteiger partial charge in [-0.25, -0.2) is 4.39 Å². The molecule has 1 aliphatic rings. The second kappa shape index (κ2) is 6.45. The molecule has 0 spiro atoms. The molecule has 21 heavy (non-hydrogen) atoms. The largest absolute Gasteiger partial charge is 0.391 e. The fraction of sp³-hybridized carbons (Fsp3) is 0.667. The molecule has 1 saturated carbocycles. The van der Waals surface area contributed by atoms with E-state index < -0.39 is 0 Å². The summed E-state index contributed by atoms with van der Waals surface area (Å²) in [5.41, 5.74) is 1.37. The van der Waals surface area contributed by atoms with Crippen LogP contribution in [0, 0.1) is 17.2 Å². The van der Waals surface area contributed by atoms with Crippen LogP contribution >= 0.6 is 0 Å². The maximum absolute atomic E-state index is 13.0. The second-order valence-corrected chi connectivity index (χ2v) is 7.55. The van der Waals surface area contributed by atoms with Crippen molar-refractivity contribution in [1.29, 1.82) is 0 Å². The van der Waals surface area contributed by atoms with Crippen molar-refractivity contribution in [3.8, 4) is 0 Å². The molecule has 0 aromatic heterocycles. The molecule has 1 aliphatic carbocycles. The molecule has 3 heteroatoms. The van der Waals surface area contributed by atoms with Gasteiger partial charge in [-0.1, -0.05) is 32.9 Å². The topological polar surface area (TPSA) is 23.5 Å². The van der Waals surface area contributed by atoms with E-state index in [9.17, 15) is 9.50 Å². The lowest BCUT2D eigenvalue weighted by Gasteiger charge is -2.43. The average molecular weight is 293 g/mol. The zero-order valence-electron chi connectivity index (χ0n) is 13.6. The van der Waals surface area contributed by atoms with E-state index in [1.807, 2.05) is 12.1 Å². The van der Waals surface area contributed by atoms with Gasteiger partial charge in [0.15, 0.2) is 0 Å². The zero-order chi connectivity index (χ0) is 15.6. The van der Waals surface area contributed by atoms with E-state index in [2.05, 4.69) is 32.7 Å². The van der Waals surface area contributed by atoms with E-state index in [-0.39, 0.29) is 23.4 Å². The summed E-state index contributed by atoms with van der Waals surface area (Å²) in [6.07, 6.45) is 2.75. The number of benzene rings is 1. The third-order valence-electron chi connectivity index (χ3n) is 4.92. The van der Waals surface area contributed by atoms with Crippen molar-refractivity contribution in [2.75, 3.05) is 7.05 Å². The van der Waals surface area contributed by atoms with Crippen molar-refractivity contribution in [1.82, 2.24) is 4.90 Å². The summed E-state index contributed by atoms with van der Waals surface area (Å²) < 4.78 is 13.0. The lowest BCUT2D eigenvalue weighted by Crippen LogP contribution is -2.47. The molecule has 3 atom stereocenters. The van der Waals surface area contributed by atoms with Crippen LogP contribution in [-0.2, 0) is 6.54 Å². The van der Waals surface area contributed by atoms with Crippen molar-refractivity contribution in [3.05, 3.63) is 35.6 Å². The van der Waals surface area contributed by atoms with Crippen LogP contribution in [0.15, 0.2) is 24.3 Å². The number of aliphatic hydroxyl groups excluding tert-OH is 1. The Labute approximate surface area is 128 Å². The van der Waals surface area contributed by atoms with E-state index >= 15 is 0 Å². The summed E-state index contributed by atoms with van der Waals surface area (Å²) >= 11 is 0. The summed E-state index contributed by atoms with van der Waals surface area (Å²) in [6, 6.07) is 6.83. The average Bonchev–Trinajstić information content (AvgIpc) is 2.40. The molecule has 2 nitrogen and oxygen atoms in total. The van der Waals surface area contributed by atoms with Crippen molar-refractivity contribution < 1.29 is 9.50 Å². The molecule has 1 fully saturated rings. The number of likely N-dealkylation sites (N-methyl/N-ethyl adjacent to an activating group) is 1. The van der Waals surface area contributed by atoms with Gasteiger partial charge in [0, 0.05) is 12.6 Å². The third-order valence-corrected chi connectivity index (χ3v) is 4.92. The Morgan fingerprint density at radius 3 is 2.38 bits per heavy atom. The number of rotatable bonds is 3. The van der Waals surface area contributed by atoms with Gasteiger partial charge in [-0.3, -0.25) is 4.90 Å². The van der Waals surface area contributed by atoms with Crippen LogP contribution in [0.25, 0.3) is 0 Å². The first-order chi connectivity index (χ1) is 9.77. The van der Waals surface area contributed by atoms with Gasteiger partial charge in [0.05, 0.1) is 6.10 Å². The van der Waals surface area contributed by atoms with Gasteiger partial charge < -0.3 is 5.11 Å². The number of hydrogen-bond donors (Lipinski definition) is 1. The van der Waals surface area contributed by atoms with Crippen LogP contribution in [0.4, 0.5) is 4.39 Å². The Hall–Kier alpha value is -0.930. The highest BCUT2D eigenvalue weighted by Gasteiger charge is 2.36. The van der Waals surface area contributed by atoms with Gasteiger partial charge in [-0.2, -0.15) is 0 Å². The van der Waals surface area contributed by atoms with Crippen LogP contribution in [0.2, 0.25) is 0 Å². The molecule has 1 aromatic carbocycles. The van der Waals surface area contributed by atoms with Gasteiger partial charge in [0.1, 0.15) is 5.82 Å². The minimum absolute atomic E-state index is 0.188. The maximum Gasteiger partial charge on any atom is 0.123 e. The first-order valence-electron chi connectivity index (χ1n) is 7.90. The molecule has 3 unspecified atom stereocenters. The van der Waals surface area contributed by atoms with Gasteiger partial charge in [0.25, 0.3) is 0 Å². The quantitative estimate of drug-likeness (QED) is 0.915. The fourth-order valence-corrected chi connectivity index (χ4v) is 3.39. The molecule has 1 aromatic rings. The molecule has 0 bridgehead atoms. The van der Waals surface area contributed by atoms with Crippen LogP contribution in [0.1, 0.15) is 45.6 Å². The molecular formula is C18H28FNO. The SMILES string of the molecule is CN(Cc1ccc(F)cc1)C1CC(C(C)(C)C)CCC1O. The summed E-state index contributed by atoms with van der Waals surface area (Å²) in [5, 5.41) is 10.3. The van der Waals surface area contributed by atoms with Crippen LogP contribution in [0.5, 0.6) is 0 Å². The molecule has 2 rings (SSSR count). The zero-order valence-corrected chi connectivity index (χ0v) is 13.6. The van der Waals surface area contributed by atoms with E-state index in [0.717, 1.165) is 31.4 Å². The van der Waals surface area contributed by atoms with Crippen LogP contribution in [0.3, 0.4) is 0 Å². The Kier molecular flexibility index (Phi) is 5.05. The van der Waals surface area contributed by atoms with Crippen LogP contribution in [-0.4, -0.2) is 29.2 Å². The summed E-state index contributed by atoms with van der Waals surface area (Å²) in [7, 11) is 2.06. The molecular weight excluding hydrogens is 265 g/mol. The summed E-state index contributed by atoms with van der Waals surface area (Å²) in [4.78, 5) is 2.22. The molecule has 0 aliphatic heterocycles. The lowest BCUT2D eigenvalue weighted by molar-refractivity contribution is -0.0103. The molecule has 0 amide bonds. The number of nitrogens with zero attached hydrogens (tertiary/aromatic N) is 1. The highest BCUT2D eigenvalue weighted by Crippen LogP contribution is 2.39. The van der Waals surface area contributed by atoms with Gasteiger partial charge in [0.2, 0.25) is 0 Å². The Morgan fingerprint density at radius 2 is 1.81 bits per heavy atom. The molecule has 1 N–H and O–H groups in total. The normalized spacial score (nSPS) is 27.1. The first-order valence-corrected chi connectivity index (χ1v) is 7.90. The summed E-state index contributed by atoms with van der Waals surface area (Å²) in [6.45, 7) is 7.60. The highest BCUT2D eigenvalue weighted by atomic mass is 19.1. The molecule has 0 radical (unpaired) electrons. The van der Waals surface area contributed by atoms with Gasteiger partial charge >= 0.3 is 0 Å². The first kappa shape index (κ1) is 16.4. The van der Waals surface area contributed by atoms with Gasteiger partial charge in [-0.15, -0.1) is 0 Å². The minimum atomic E-state index is -0.256. The third kappa shape index (κ3) is 4.27. The van der Waals surface area contributed by atoms with Gasteiger partial charge in [-0.05, 0) is 55.3 Å². The molecule has 118 valence electrons. The molecule has 0 saturated heterocycles. The Balaban J connectivity index is 2.02. The van der Waals surface area contributed by atoms with Crippen molar-refractivity contribution >= 4 is 0 Å². The number of halogens is 1. The van der Waals surface area contributed by atoms with Crippen molar-refractivity contribution in [3.63, 3.8) is 0 Å². The van der Waals surface area contributed by atoms with E-state index in [1.54, 1.807) is 0 Å². The fourth-order valence-electron chi connectivity index (χ4n) is 3.39. The van der Waals surface area contributed by atoms with Crippen molar-refractivity contribution in [2.24, 2.45) is 11.3 Å². The number of aliphatic hydroxyl groups is 1.